The lowest BCUT2D eigenvalue weighted by Gasteiger charge is -2.42. The quantitative estimate of drug-likeness (QED) is 0.658. The Morgan fingerprint density at radius 2 is 1.96 bits per heavy atom. The van der Waals surface area contributed by atoms with Crippen molar-refractivity contribution in [2.75, 3.05) is 33.4 Å². The molecule has 3 amide bonds. The van der Waals surface area contributed by atoms with Crippen LogP contribution in [0.25, 0.3) is 0 Å². The summed E-state index contributed by atoms with van der Waals surface area (Å²) >= 11 is 3.49. The number of nitrogens with zero attached hydrogens (tertiary/aromatic N) is 3. The average molecular weight is 438 g/mol. The van der Waals surface area contributed by atoms with Crippen LogP contribution >= 0.6 is 15.9 Å². The van der Waals surface area contributed by atoms with Gasteiger partial charge in [-0.2, -0.15) is 0 Å². The molecule has 0 radical (unpaired) electrons. The molecule has 2 aliphatic rings. The van der Waals surface area contributed by atoms with Crippen molar-refractivity contribution >= 4 is 27.9 Å². The van der Waals surface area contributed by atoms with Gasteiger partial charge in [0.25, 0.3) is 0 Å². The summed E-state index contributed by atoms with van der Waals surface area (Å²) in [6, 6.07) is 7.66. The van der Waals surface area contributed by atoms with Crippen LogP contribution in [0.2, 0.25) is 0 Å². The van der Waals surface area contributed by atoms with E-state index >= 15 is 0 Å². The molecule has 0 unspecified atom stereocenters. The molecule has 2 aliphatic heterocycles. The third-order valence-corrected chi connectivity index (χ3v) is 5.70. The lowest BCUT2D eigenvalue weighted by molar-refractivity contribution is -0.143. The minimum Gasteiger partial charge on any atom is -0.383 e. The van der Waals surface area contributed by atoms with Crippen molar-refractivity contribution in [2.24, 2.45) is 5.92 Å². The van der Waals surface area contributed by atoms with Gasteiger partial charge in [0.2, 0.25) is 5.91 Å². The summed E-state index contributed by atoms with van der Waals surface area (Å²) in [5.74, 6) is 0.392. The van der Waals surface area contributed by atoms with Gasteiger partial charge < -0.3 is 19.4 Å². The minimum absolute atomic E-state index is 0.0228. The van der Waals surface area contributed by atoms with Gasteiger partial charge >= 0.3 is 6.03 Å². The number of benzene rings is 1. The third-order valence-electron chi connectivity index (χ3n) is 5.20. The van der Waals surface area contributed by atoms with Gasteiger partial charge in [-0.3, -0.25) is 4.79 Å². The molecule has 1 aromatic rings. The zero-order valence-corrected chi connectivity index (χ0v) is 17.8. The second-order valence-corrected chi connectivity index (χ2v) is 8.69. The first-order valence-electron chi connectivity index (χ1n) is 9.50. The number of hydrogen-bond donors (Lipinski definition) is 0. The van der Waals surface area contributed by atoms with Gasteiger partial charge in [-0.1, -0.05) is 41.9 Å². The lowest BCUT2D eigenvalue weighted by atomic mass is 9.97. The van der Waals surface area contributed by atoms with Crippen LogP contribution in [0.15, 0.2) is 28.7 Å². The van der Waals surface area contributed by atoms with E-state index in [4.69, 9.17) is 4.74 Å². The van der Waals surface area contributed by atoms with E-state index in [1.807, 2.05) is 39.0 Å². The molecule has 148 valence electrons. The molecule has 2 saturated heterocycles. The zero-order valence-electron chi connectivity index (χ0n) is 16.2. The molecule has 2 fully saturated rings. The predicted molar refractivity (Wildman–Crippen MR) is 107 cm³/mol. The first kappa shape index (κ1) is 20.1. The van der Waals surface area contributed by atoms with Crippen LogP contribution in [0.4, 0.5) is 4.79 Å². The normalized spacial score (nSPS) is 22.8. The van der Waals surface area contributed by atoms with Crippen LogP contribution in [-0.2, 0) is 16.1 Å². The van der Waals surface area contributed by atoms with E-state index in [0.717, 1.165) is 10.0 Å². The van der Waals surface area contributed by atoms with Gasteiger partial charge in [0.1, 0.15) is 6.04 Å². The Hall–Kier alpha value is -1.60. The fourth-order valence-corrected chi connectivity index (χ4v) is 4.45. The van der Waals surface area contributed by atoms with Crippen molar-refractivity contribution in [3.05, 3.63) is 34.3 Å². The number of urea groups is 1. The van der Waals surface area contributed by atoms with Crippen molar-refractivity contribution in [3.63, 3.8) is 0 Å². The molecule has 2 heterocycles. The first-order valence-corrected chi connectivity index (χ1v) is 10.3. The Morgan fingerprint density at radius 3 is 2.63 bits per heavy atom. The summed E-state index contributed by atoms with van der Waals surface area (Å²) in [4.78, 5) is 31.7. The molecule has 0 bridgehead atoms. The molecular weight excluding hydrogens is 410 g/mol. The summed E-state index contributed by atoms with van der Waals surface area (Å²) in [7, 11) is 1.64. The number of rotatable bonds is 7. The Kier molecular flexibility index (Phi) is 6.42. The Morgan fingerprint density at radius 1 is 1.22 bits per heavy atom. The minimum atomic E-state index is -0.374. The van der Waals surface area contributed by atoms with Gasteiger partial charge in [0.15, 0.2) is 0 Å². The highest BCUT2D eigenvalue weighted by Crippen LogP contribution is 2.30. The van der Waals surface area contributed by atoms with E-state index in [9.17, 15) is 9.59 Å². The number of amides is 3. The highest BCUT2D eigenvalue weighted by atomic mass is 79.9. The fourth-order valence-electron chi connectivity index (χ4n) is 4.00. The van der Waals surface area contributed by atoms with Crippen LogP contribution in [-0.4, -0.2) is 72.1 Å². The van der Waals surface area contributed by atoms with Crippen LogP contribution in [0.3, 0.4) is 0 Å². The third kappa shape index (κ3) is 4.46. The molecule has 6 nitrogen and oxygen atoms in total. The summed E-state index contributed by atoms with van der Waals surface area (Å²) in [6.45, 7) is 7.07. The predicted octanol–water partition coefficient (Wildman–Crippen LogP) is 2.96. The Balaban J connectivity index is 1.79. The molecular formula is C20H28BrN3O3. The number of hydrogen-bond acceptors (Lipinski definition) is 3. The summed E-state index contributed by atoms with van der Waals surface area (Å²) < 4.78 is 6.17. The molecule has 27 heavy (non-hydrogen) atoms. The van der Waals surface area contributed by atoms with Crippen LogP contribution in [0.5, 0.6) is 0 Å². The number of piperazine rings is 1. The number of methoxy groups -OCH3 is 1. The van der Waals surface area contributed by atoms with Crippen molar-refractivity contribution in [2.45, 2.75) is 38.9 Å². The number of fused-ring (bicyclic) bond motifs is 1. The summed E-state index contributed by atoms with van der Waals surface area (Å²) in [6.07, 6.45) is 0.690. The molecule has 0 aliphatic carbocycles. The monoisotopic (exact) mass is 437 g/mol. The molecule has 0 aromatic heterocycles. The number of halogens is 1. The van der Waals surface area contributed by atoms with Gasteiger partial charge in [0.05, 0.1) is 12.6 Å². The molecule has 7 heteroatoms. The first-order chi connectivity index (χ1) is 12.9. The van der Waals surface area contributed by atoms with E-state index in [1.54, 1.807) is 7.11 Å². The van der Waals surface area contributed by atoms with Crippen LogP contribution in [0, 0.1) is 5.92 Å². The molecule has 0 N–H and O–H groups in total. The zero-order chi connectivity index (χ0) is 19.6. The second kappa shape index (κ2) is 8.61. The summed E-state index contributed by atoms with van der Waals surface area (Å²) in [5.41, 5.74) is 1.08. The second-order valence-electron chi connectivity index (χ2n) is 7.78. The average Bonchev–Trinajstić information content (AvgIpc) is 2.91. The van der Waals surface area contributed by atoms with E-state index in [1.165, 1.54) is 0 Å². The van der Waals surface area contributed by atoms with Gasteiger partial charge in [0, 0.05) is 37.8 Å². The molecule has 0 saturated carbocycles. The van der Waals surface area contributed by atoms with Gasteiger partial charge in [-0.15, -0.1) is 0 Å². The number of carbonyl (C=O) groups excluding carboxylic acids is 2. The molecule has 0 spiro atoms. The number of ether oxygens (including phenoxy) is 1. The Bertz CT molecular complexity index is 697. The highest BCUT2D eigenvalue weighted by Gasteiger charge is 2.49. The Labute approximate surface area is 169 Å². The number of carbonyl (C=O) groups is 2. The molecule has 2 atom stereocenters. The lowest BCUT2D eigenvalue weighted by Crippen LogP contribution is -2.61. The van der Waals surface area contributed by atoms with E-state index in [-0.39, 0.29) is 24.0 Å². The largest absolute Gasteiger partial charge is 0.383 e. The van der Waals surface area contributed by atoms with E-state index in [0.29, 0.717) is 45.1 Å². The maximum absolute atomic E-state index is 13.1. The topological polar surface area (TPSA) is 53.1 Å². The van der Waals surface area contributed by atoms with Crippen LogP contribution < -0.4 is 0 Å². The van der Waals surface area contributed by atoms with Crippen molar-refractivity contribution in [1.29, 1.82) is 0 Å². The van der Waals surface area contributed by atoms with Gasteiger partial charge in [-0.05, 0) is 30.0 Å². The van der Waals surface area contributed by atoms with E-state index < -0.39 is 0 Å². The summed E-state index contributed by atoms with van der Waals surface area (Å²) in [5, 5.41) is 0. The van der Waals surface area contributed by atoms with E-state index in [2.05, 4.69) is 29.8 Å². The highest BCUT2D eigenvalue weighted by molar-refractivity contribution is 9.10. The maximum atomic E-state index is 13.1. The van der Waals surface area contributed by atoms with Crippen molar-refractivity contribution in [3.8, 4) is 0 Å². The van der Waals surface area contributed by atoms with Crippen molar-refractivity contribution in [1.82, 2.24) is 14.7 Å². The van der Waals surface area contributed by atoms with Crippen molar-refractivity contribution < 1.29 is 14.3 Å². The van der Waals surface area contributed by atoms with Crippen LogP contribution in [0.1, 0.15) is 25.8 Å². The fraction of sp³-hybridized carbons (Fsp3) is 0.600. The standard InChI is InChI=1S/C20H28BrN3O3/c1-14(2)9-18-19(25)22(7-8-27-3)12-17-13-23(20(26)24(17)18)11-15-5-4-6-16(21)10-15/h4-6,10,14,17-18H,7-9,11-13H2,1-3H3/t17-,18+/m1/s1. The maximum Gasteiger partial charge on any atom is 0.321 e. The molecule has 3 rings (SSSR count). The smallest absolute Gasteiger partial charge is 0.321 e. The van der Waals surface area contributed by atoms with Gasteiger partial charge in [-0.25, -0.2) is 4.79 Å². The molecule has 1 aromatic carbocycles. The SMILES string of the molecule is COCCN1C[C@@H]2CN(Cc3cccc(Br)c3)C(=O)N2[C@@H](CC(C)C)C1=O.